The minimum absolute atomic E-state index is 0.117. The molecule has 0 radical (unpaired) electrons. The molecule has 1 saturated heterocycles. The Hall–Kier alpha value is -1.75. The van der Waals surface area contributed by atoms with Gasteiger partial charge in [-0.1, -0.05) is 0 Å². The van der Waals surface area contributed by atoms with E-state index in [4.69, 9.17) is 4.74 Å². The first kappa shape index (κ1) is 14.7. The zero-order chi connectivity index (χ0) is 14.4. The second-order valence-corrected chi connectivity index (χ2v) is 4.90. The topological polar surface area (TPSA) is 53.0 Å². The van der Waals surface area contributed by atoms with E-state index < -0.39 is 0 Å². The molecule has 1 aliphatic heterocycles. The molecule has 0 amide bonds. The molecule has 0 unspecified atom stereocenters. The number of hydrogen-bond donors (Lipinski definition) is 1. The number of esters is 1. The van der Waals surface area contributed by atoms with Gasteiger partial charge in [0.15, 0.2) is 0 Å². The first-order valence-electron chi connectivity index (χ1n) is 7.11. The fourth-order valence-corrected chi connectivity index (χ4v) is 2.38. The number of piperazine rings is 1. The fourth-order valence-electron chi connectivity index (χ4n) is 2.38. The molecule has 0 bridgehead atoms. The highest BCUT2D eigenvalue weighted by atomic mass is 16.5. The number of ether oxygens (including phenoxy) is 1. The van der Waals surface area contributed by atoms with Crippen LogP contribution in [0.2, 0.25) is 0 Å². The number of phenolic OH excluding ortho intramolecular Hbond substituents is 1. The number of carbonyl (C=O) groups excluding carboxylic acids is 1. The van der Waals surface area contributed by atoms with Crippen LogP contribution in [0.15, 0.2) is 24.3 Å². The minimum atomic E-state index is -0.117. The van der Waals surface area contributed by atoms with E-state index in [-0.39, 0.29) is 5.97 Å². The molecule has 0 atom stereocenters. The summed E-state index contributed by atoms with van der Waals surface area (Å²) in [6, 6.07) is 7.29. The smallest absolute Gasteiger partial charge is 0.307 e. The summed E-state index contributed by atoms with van der Waals surface area (Å²) in [7, 11) is 0. The first-order chi connectivity index (χ1) is 9.69. The van der Waals surface area contributed by atoms with E-state index in [0.29, 0.717) is 18.8 Å². The third kappa shape index (κ3) is 4.13. The molecule has 0 spiro atoms. The highest BCUT2D eigenvalue weighted by Crippen LogP contribution is 2.19. The monoisotopic (exact) mass is 278 g/mol. The van der Waals surface area contributed by atoms with Crippen LogP contribution in [0, 0.1) is 0 Å². The van der Waals surface area contributed by atoms with Crippen LogP contribution in [-0.4, -0.2) is 55.3 Å². The summed E-state index contributed by atoms with van der Waals surface area (Å²) in [6.45, 7) is 6.81. The van der Waals surface area contributed by atoms with Gasteiger partial charge in [-0.2, -0.15) is 0 Å². The highest BCUT2D eigenvalue weighted by molar-refractivity contribution is 5.69. The van der Waals surface area contributed by atoms with Gasteiger partial charge in [0.25, 0.3) is 0 Å². The van der Waals surface area contributed by atoms with Gasteiger partial charge in [-0.15, -0.1) is 0 Å². The molecule has 20 heavy (non-hydrogen) atoms. The molecular formula is C15H22N2O3. The van der Waals surface area contributed by atoms with Crippen molar-refractivity contribution in [2.24, 2.45) is 0 Å². The number of aromatic hydroxyl groups is 1. The van der Waals surface area contributed by atoms with E-state index in [2.05, 4.69) is 9.80 Å². The Kier molecular flexibility index (Phi) is 5.24. The number of carbonyl (C=O) groups is 1. The second-order valence-electron chi connectivity index (χ2n) is 4.90. The van der Waals surface area contributed by atoms with Gasteiger partial charge in [0.2, 0.25) is 0 Å². The zero-order valence-electron chi connectivity index (χ0n) is 11.9. The van der Waals surface area contributed by atoms with Crippen molar-refractivity contribution in [3.05, 3.63) is 24.3 Å². The molecule has 1 aromatic rings. The average molecular weight is 278 g/mol. The first-order valence-corrected chi connectivity index (χ1v) is 7.11. The van der Waals surface area contributed by atoms with Gasteiger partial charge in [-0.3, -0.25) is 9.69 Å². The van der Waals surface area contributed by atoms with E-state index in [0.717, 1.165) is 38.4 Å². The van der Waals surface area contributed by atoms with E-state index in [9.17, 15) is 9.90 Å². The van der Waals surface area contributed by atoms with Crippen molar-refractivity contribution < 1.29 is 14.6 Å². The Balaban J connectivity index is 1.75. The molecule has 1 aromatic carbocycles. The summed E-state index contributed by atoms with van der Waals surface area (Å²) < 4.78 is 4.93. The lowest BCUT2D eigenvalue weighted by Gasteiger charge is -2.36. The maximum absolute atomic E-state index is 11.3. The molecule has 1 N–H and O–H groups in total. The van der Waals surface area contributed by atoms with Crippen LogP contribution < -0.4 is 4.90 Å². The van der Waals surface area contributed by atoms with Crippen LogP contribution in [-0.2, 0) is 9.53 Å². The lowest BCUT2D eigenvalue weighted by molar-refractivity contribution is -0.143. The summed E-state index contributed by atoms with van der Waals surface area (Å²) >= 11 is 0. The lowest BCUT2D eigenvalue weighted by atomic mass is 10.2. The molecule has 110 valence electrons. The molecule has 2 rings (SSSR count). The summed E-state index contributed by atoms with van der Waals surface area (Å²) in [4.78, 5) is 15.9. The van der Waals surface area contributed by atoms with E-state index in [1.165, 1.54) is 0 Å². The number of benzene rings is 1. The van der Waals surface area contributed by atoms with Gasteiger partial charge in [0, 0.05) is 38.4 Å². The quantitative estimate of drug-likeness (QED) is 0.827. The molecule has 5 heteroatoms. The molecular weight excluding hydrogens is 256 g/mol. The van der Waals surface area contributed by atoms with Gasteiger partial charge >= 0.3 is 5.97 Å². The average Bonchev–Trinajstić information content (AvgIpc) is 2.47. The predicted octanol–water partition coefficient (Wildman–Crippen LogP) is 1.47. The van der Waals surface area contributed by atoms with Crippen LogP contribution >= 0.6 is 0 Å². The number of hydrogen-bond acceptors (Lipinski definition) is 5. The molecule has 1 aliphatic rings. The zero-order valence-corrected chi connectivity index (χ0v) is 11.9. The standard InChI is InChI=1S/C15H22N2O3/c1-2-20-15(19)7-8-16-9-11-17(12-10-16)13-3-5-14(18)6-4-13/h3-6,18H,2,7-12H2,1H3. The molecule has 0 aliphatic carbocycles. The number of nitrogens with zero attached hydrogens (tertiary/aromatic N) is 2. The van der Waals surface area contributed by atoms with Crippen molar-refractivity contribution in [3.63, 3.8) is 0 Å². The van der Waals surface area contributed by atoms with Crippen molar-refractivity contribution in [2.45, 2.75) is 13.3 Å². The molecule has 0 saturated carbocycles. The predicted molar refractivity (Wildman–Crippen MR) is 78.0 cm³/mol. The van der Waals surface area contributed by atoms with Gasteiger partial charge in [-0.25, -0.2) is 0 Å². The van der Waals surface area contributed by atoms with Crippen LogP contribution in [0.3, 0.4) is 0 Å². The lowest BCUT2D eigenvalue weighted by Crippen LogP contribution is -2.47. The highest BCUT2D eigenvalue weighted by Gasteiger charge is 2.17. The fraction of sp³-hybridized carbons (Fsp3) is 0.533. The van der Waals surface area contributed by atoms with Crippen LogP contribution in [0.1, 0.15) is 13.3 Å². The number of anilines is 1. The maximum atomic E-state index is 11.3. The van der Waals surface area contributed by atoms with Crippen LogP contribution in [0.25, 0.3) is 0 Å². The van der Waals surface area contributed by atoms with Crippen LogP contribution in [0.5, 0.6) is 5.75 Å². The van der Waals surface area contributed by atoms with E-state index >= 15 is 0 Å². The van der Waals surface area contributed by atoms with E-state index in [1.54, 1.807) is 12.1 Å². The number of phenols is 1. The third-order valence-electron chi connectivity index (χ3n) is 3.52. The van der Waals surface area contributed by atoms with Crippen molar-refractivity contribution in [1.29, 1.82) is 0 Å². The normalized spacial score (nSPS) is 16.1. The Morgan fingerprint density at radius 1 is 1.20 bits per heavy atom. The minimum Gasteiger partial charge on any atom is -0.508 e. The number of rotatable bonds is 5. The second kappa shape index (κ2) is 7.14. The van der Waals surface area contributed by atoms with Gasteiger partial charge in [-0.05, 0) is 31.2 Å². The Morgan fingerprint density at radius 3 is 2.45 bits per heavy atom. The molecule has 1 heterocycles. The molecule has 0 aromatic heterocycles. The largest absolute Gasteiger partial charge is 0.508 e. The summed E-state index contributed by atoms with van der Waals surface area (Å²) in [5, 5.41) is 9.29. The van der Waals surface area contributed by atoms with Crippen LogP contribution in [0.4, 0.5) is 5.69 Å². The van der Waals surface area contributed by atoms with Crippen molar-refractivity contribution in [3.8, 4) is 5.75 Å². The summed E-state index contributed by atoms with van der Waals surface area (Å²) in [6.07, 6.45) is 0.465. The maximum Gasteiger partial charge on any atom is 0.307 e. The van der Waals surface area contributed by atoms with E-state index in [1.807, 2.05) is 19.1 Å². The SMILES string of the molecule is CCOC(=O)CCN1CCN(c2ccc(O)cc2)CC1. The third-order valence-corrected chi connectivity index (χ3v) is 3.52. The van der Waals surface area contributed by atoms with Crippen molar-refractivity contribution in [1.82, 2.24) is 4.90 Å². The van der Waals surface area contributed by atoms with Crippen molar-refractivity contribution >= 4 is 11.7 Å². The van der Waals surface area contributed by atoms with Gasteiger partial charge in [0.1, 0.15) is 5.75 Å². The summed E-state index contributed by atoms with van der Waals surface area (Å²) in [5.41, 5.74) is 1.13. The Morgan fingerprint density at radius 2 is 1.85 bits per heavy atom. The Bertz CT molecular complexity index is 425. The molecule has 1 fully saturated rings. The summed E-state index contributed by atoms with van der Waals surface area (Å²) in [5.74, 6) is 0.176. The molecule has 5 nitrogen and oxygen atoms in total. The van der Waals surface area contributed by atoms with Gasteiger partial charge in [0.05, 0.1) is 13.0 Å². The van der Waals surface area contributed by atoms with Gasteiger partial charge < -0.3 is 14.7 Å². The van der Waals surface area contributed by atoms with Crippen molar-refractivity contribution in [2.75, 3.05) is 44.2 Å². The Labute approximate surface area is 119 Å².